The lowest BCUT2D eigenvalue weighted by atomic mass is 10.4. The molecule has 0 radical (unpaired) electrons. The van der Waals surface area contributed by atoms with E-state index in [0.717, 1.165) is 0 Å². The summed E-state index contributed by atoms with van der Waals surface area (Å²) in [4.78, 5) is 0. The minimum absolute atomic E-state index is 0.492. The van der Waals surface area contributed by atoms with Gasteiger partial charge in [-0.2, -0.15) is 0 Å². The Morgan fingerprint density at radius 3 is 1.19 bits per heavy atom. The fourth-order valence-electron chi connectivity index (χ4n) is 0.724. The van der Waals surface area contributed by atoms with Crippen molar-refractivity contribution in [2.45, 2.75) is 0 Å². The van der Waals surface area contributed by atoms with Crippen LogP contribution in [0.15, 0.2) is 36.4 Å². The van der Waals surface area contributed by atoms with E-state index in [1.54, 1.807) is 0 Å². The van der Waals surface area contributed by atoms with Crippen molar-refractivity contribution in [1.29, 1.82) is 0 Å². The van der Waals surface area contributed by atoms with Crippen LogP contribution in [-0.4, -0.2) is 21.7 Å². The third-order valence-corrected chi connectivity index (χ3v) is 1.95. The van der Waals surface area contributed by atoms with E-state index in [4.69, 9.17) is 0 Å². The van der Waals surface area contributed by atoms with Crippen LogP contribution in [-0.2, 0) is 0 Å². The molecule has 0 bridgehead atoms. The lowest BCUT2D eigenvalue weighted by Crippen LogP contribution is -2.29. The van der Waals surface area contributed by atoms with Crippen LogP contribution in [0.1, 0.15) is 0 Å². The molecule has 6 heteroatoms. The van der Waals surface area contributed by atoms with Gasteiger partial charge in [-0.15, -0.1) is 25.3 Å². The third kappa shape index (κ3) is 13.7. The lowest BCUT2D eigenvalue weighted by Gasteiger charge is -2.03. The van der Waals surface area contributed by atoms with Gasteiger partial charge in [-0.25, -0.2) is 0 Å². The molecule has 1 aromatic rings. The Bertz CT molecular complexity index is 260. The van der Waals surface area contributed by atoms with Crippen molar-refractivity contribution in [3.63, 3.8) is 0 Å². The quantitative estimate of drug-likeness (QED) is 0.390. The second-order valence-electron chi connectivity index (χ2n) is 2.62. The molecule has 0 aliphatic carbocycles. The van der Waals surface area contributed by atoms with Crippen molar-refractivity contribution in [2.75, 3.05) is 13.1 Å². The van der Waals surface area contributed by atoms with E-state index >= 15 is 0 Å². The molecule has 1 rings (SSSR count). The zero-order valence-electron chi connectivity index (χ0n) is 8.59. The molecule has 0 aliphatic heterocycles. The van der Waals surface area contributed by atoms with Gasteiger partial charge in [0.25, 0.3) is 0 Å². The molecule has 0 aromatic heterocycles. The number of nitrogens with one attached hydrogen (secondary N) is 2. The van der Waals surface area contributed by atoms with Gasteiger partial charge in [0, 0.05) is 13.1 Å². The van der Waals surface area contributed by atoms with E-state index in [0.29, 0.717) is 21.7 Å². The number of thiocarbonyl (C=S) groups is 2. The van der Waals surface area contributed by atoms with Crippen molar-refractivity contribution >= 4 is 58.3 Å². The zero-order chi connectivity index (χ0) is 12.2. The standard InChI is InChI=1S/C6H6.C4H8N2S4/c1-2-4-6-5-3-1;7-3(8)5-1-2-6-4(9)10/h1-6H;1-2H2,(H2,5,7,8)(H2,6,9,10). The van der Waals surface area contributed by atoms with Crippen molar-refractivity contribution in [2.24, 2.45) is 0 Å². The summed E-state index contributed by atoms with van der Waals surface area (Å²) < 4.78 is 0.985. The first kappa shape index (κ1) is 15.7. The molecule has 0 aliphatic rings. The van der Waals surface area contributed by atoms with Crippen LogP contribution in [0.5, 0.6) is 0 Å². The molecule has 0 spiro atoms. The summed E-state index contributed by atoms with van der Waals surface area (Å²) in [6.07, 6.45) is 0. The normalized spacial score (nSPS) is 8.38. The summed E-state index contributed by atoms with van der Waals surface area (Å²) in [5.41, 5.74) is 0. The van der Waals surface area contributed by atoms with Crippen molar-refractivity contribution in [1.82, 2.24) is 10.6 Å². The van der Waals surface area contributed by atoms with Crippen LogP contribution in [0, 0.1) is 0 Å². The van der Waals surface area contributed by atoms with Crippen LogP contribution >= 0.6 is 49.7 Å². The number of hydrogen-bond donors (Lipinski definition) is 4. The molecule has 0 heterocycles. The largest absolute Gasteiger partial charge is 0.369 e. The van der Waals surface area contributed by atoms with Crippen LogP contribution in [0.3, 0.4) is 0 Å². The zero-order valence-corrected chi connectivity index (χ0v) is 12.0. The number of hydrogen-bond acceptors (Lipinski definition) is 2. The van der Waals surface area contributed by atoms with Gasteiger partial charge in [0.2, 0.25) is 0 Å². The molecular formula is C10H14N2S4. The van der Waals surface area contributed by atoms with Gasteiger partial charge in [-0.3, -0.25) is 0 Å². The third-order valence-electron chi connectivity index (χ3n) is 1.34. The van der Waals surface area contributed by atoms with Crippen LogP contribution < -0.4 is 10.6 Å². The molecule has 88 valence electrons. The molecule has 0 unspecified atom stereocenters. The molecule has 16 heavy (non-hydrogen) atoms. The molecular weight excluding hydrogens is 276 g/mol. The predicted octanol–water partition coefficient (Wildman–Crippen LogP) is 2.28. The summed E-state index contributed by atoms with van der Waals surface area (Å²) in [5, 5.41) is 5.68. The monoisotopic (exact) mass is 290 g/mol. The van der Waals surface area contributed by atoms with E-state index in [9.17, 15) is 0 Å². The van der Waals surface area contributed by atoms with Crippen molar-refractivity contribution < 1.29 is 0 Å². The average Bonchev–Trinajstić information content (AvgIpc) is 2.27. The molecule has 0 saturated heterocycles. The van der Waals surface area contributed by atoms with Crippen molar-refractivity contribution in [3.05, 3.63) is 36.4 Å². The Kier molecular flexibility index (Phi) is 11.0. The van der Waals surface area contributed by atoms with E-state index in [-0.39, 0.29) is 0 Å². The van der Waals surface area contributed by atoms with E-state index in [2.05, 4.69) is 60.3 Å². The highest BCUT2D eigenvalue weighted by molar-refractivity contribution is 8.11. The molecule has 2 N–H and O–H groups in total. The summed E-state index contributed by atoms with van der Waals surface area (Å²) >= 11 is 17.0. The highest BCUT2D eigenvalue weighted by Crippen LogP contribution is 1.80. The molecule has 0 amide bonds. The molecule has 0 atom stereocenters. The smallest absolute Gasteiger partial charge is 0.130 e. The van der Waals surface area contributed by atoms with E-state index in [1.807, 2.05) is 36.4 Å². The Morgan fingerprint density at radius 2 is 1.00 bits per heavy atom. The SMILES string of the molecule is S=C(S)NCCNC(=S)S.c1ccccc1. The molecule has 0 saturated carbocycles. The summed E-state index contributed by atoms with van der Waals surface area (Å²) in [6.45, 7) is 1.42. The molecule has 1 aromatic carbocycles. The second-order valence-corrected chi connectivity index (χ2v) is 4.93. The van der Waals surface area contributed by atoms with Gasteiger partial charge in [0.05, 0.1) is 0 Å². The molecule has 0 fully saturated rings. The van der Waals surface area contributed by atoms with Crippen LogP contribution in [0.4, 0.5) is 0 Å². The summed E-state index contributed by atoms with van der Waals surface area (Å²) in [5.74, 6) is 0. The average molecular weight is 291 g/mol. The molecule has 2 nitrogen and oxygen atoms in total. The van der Waals surface area contributed by atoms with Gasteiger partial charge in [-0.05, 0) is 0 Å². The second kappa shape index (κ2) is 11.2. The number of rotatable bonds is 3. The van der Waals surface area contributed by atoms with Gasteiger partial charge in [-0.1, -0.05) is 60.8 Å². The van der Waals surface area contributed by atoms with Crippen molar-refractivity contribution in [3.8, 4) is 0 Å². The minimum Gasteiger partial charge on any atom is -0.369 e. The first-order valence-corrected chi connectivity index (χ1v) is 6.27. The van der Waals surface area contributed by atoms with Gasteiger partial charge in [0.1, 0.15) is 8.64 Å². The van der Waals surface area contributed by atoms with E-state index < -0.39 is 0 Å². The summed E-state index contributed by atoms with van der Waals surface area (Å²) in [7, 11) is 0. The highest BCUT2D eigenvalue weighted by atomic mass is 32.1. The Balaban J connectivity index is 0.000000315. The van der Waals surface area contributed by atoms with Gasteiger partial charge < -0.3 is 10.6 Å². The first-order chi connectivity index (χ1) is 7.63. The van der Waals surface area contributed by atoms with Gasteiger partial charge >= 0.3 is 0 Å². The maximum Gasteiger partial charge on any atom is 0.130 e. The lowest BCUT2D eigenvalue weighted by molar-refractivity contribution is 0.834. The topological polar surface area (TPSA) is 24.1 Å². The Labute approximate surface area is 118 Å². The summed E-state index contributed by atoms with van der Waals surface area (Å²) in [6, 6.07) is 12.0. The Hall–Kier alpha value is -0.300. The minimum atomic E-state index is 0.492. The van der Waals surface area contributed by atoms with Gasteiger partial charge in [0.15, 0.2) is 0 Å². The maximum absolute atomic E-state index is 4.65. The number of benzene rings is 1. The van der Waals surface area contributed by atoms with Crippen LogP contribution in [0.25, 0.3) is 0 Å². The fraction of sp³-hybridized carbons (Fsp3) is 0.200. The number of thiol groups is 2. The first-order valence-electron chi connectivity index (χ1n) is 4.56. The predicted molar refractivity (Wildman–Crippen MR) is 85.6 cm³/mol. The Morgan fingerprint density at radius 1 is 0.750 bits per heavy atom. The fourth-order valence-corrected chi connectivity index (χ4v) is 1.15. The van der Waals surface area contributed by atoms with E-state index in [1.165, 1.54) is 0 Å². The highest BCUT2D eigenvalue weighted by Gasteiger charge is 1.87. The van der Waals surface area contributed by atoms with Crippen LogP contribution in [0.2, 0.25) is 0 Å². The maximum atomic E-state index is 4.65.